The van der Waals surface area contributed by atoms with Gasteiger partial charge in [0.1, 0.15) is 0 Å². The Morgan fingerprint density at radius 3 is 2.39 bits per heavy atom. The molecule has 6 heteroatoms. The number of halogens is 2. The van der Waals surface area contributed by atoms with E-state index in [-0.39, 0.29) is 10.9 Å². The fraction of sp³-hybridized carbons (Fsp3) is 0.333. The first kappa shape index (κ1) is 15.2. The molecule has 0 saturated heterocycles. The summed E-state index contributed by atoms with van der Waals surface area (Å²) < 4.78 is 0. The van der Waals surface area contributed by atoms with E-state index in [2.05, 4.69) is 5.32 Å². The summed E-state index contributed by atoms with van der Waals surface area (Å²) in [5.74, 6) is -0.322. The number of thiocarbonyl (C=S) groups is 1. The third kappa shape index (κ3) is 3.13. The highest BCUT2D eigenvalue weighted by Gasteiger charge is 2.31. The molecule has 0 aromatic heterocycles. The van der Waals surface area contributed by atoms with Crippen molar-refractivity contribution in [3.05, 3.63) is 27.7 Å². The third-order valence-corrected chi connectivity index (χ3v) is 3.91. The van der Waals surface area contributed by atoms with Gasteiger partial charge in [-0.2, -0.15) is 0 Å². The highest BCUT2D eigenvalue weighted by Crippen LogP contribution is 2.30. The fourth-order valence-corrected chi connectivity index (χ4v) is 1.65. The molecule has 0 aliphatic rings. The van der Waals surface area contributed by atoms with Gasteiger partial charge in [0, 0.05) is 5.02 Å². The monoisotopic (exact) mass is 304 g/mol. The zero-order valence-electron chi connectivity index (χ0n) is 10.3. The van der Waals surface area contributed by atoms with Gasteiger partial charge in [-0.15, -0.1) is 0 Å². The molecule has 0 saturated carbocycles. The molecule has 0 fully saturated rings. The molecule has 3 nitrogen and oxygen atoms in total. The zero-order chi connectivity index (χ0) is 14.1. The second-order valence-corrected chi connectivity index (χ2v) is 5.78. The van der Waals surface area contributed by atoms with Gasteiger partial charge in [-0.1, -0.05) is 35.4 Å². The van der Waals surface area contributed by atoms with Crippen LogP contribution in [0.4, 0.5) is 5.69 Å². The van der Waals surface area contributed by atoms with E-state index in [0.717, 1.165) is 5.56 Å². The Labute approximate surface area is 122 Å². The van der Waals surface area contributed by atoms with Crippen molar-refractivity contribution in [3.8, 4) is 0 Å². The number of carbonyl (C=O) groups excluding carboxylic acids is 1. The van der Waals surface area contributed by atoms with Crippen molar-refractivity contribution in [2.45, 2.75) is 20.8 Å². The molecule has 0 spiro atoms. The summed E-state index contributed by atoms with van der Waals surface area (Å²) >= 11 is 16.9. The summed E-state index contributed by atoms with van der Waals surface area (Å²) in [6, 6.07) is 3.29. The molecule has 98 valence electrons. The summed E-state index contributed by atoms with van der Waals surface area (Å²) in [5.41, 5.74) is 5.87. The van der Waals surface area contributed by atoms with Gasteiger partial charge in [-0.05, 0) is 38.5 Å². The van der Waals surface area contributed by atoms with E-state index in [1.807, 2.05) is 6.92 Å². The molecule has 1 aromatic rings. The number of anilines is 1. The van der Waals surface area contributed by atoms with E-state index < -0.39 is 5.41 Å². The summed E-state index contributed by atoms with van der Waals surface area (Å²) in [5, 5.41) is 3.63. The minimum absolute atomic E-state index is 0.120. The fourth-order valence-electron chi connectivity index (χ4n) is 1.13. The lowest BCUT2D eigenvalue weighted by Gasteiger charge is -2.22. The lowest BCUT2D eigenvalue weighted by atomic mass is 9.92. The van der Waals surface area contributed by atoms with Crippen LogP contribution in [0.3, 0.4) is 0 Å². The first-order valence-electron chi connectivity index (χ1n) is 5.23. The normalized spacial score (nSPS) is 11.2. The molecule has 3 N–H and O–H groups in total. The van der Waals surface area contributed by atoms with E-state index in [1.54, 1.807) is 26.0 Å². The first-order chi connectivity index (χ1) is 8.16. The van der Waals surface area contributed by atoms with E-state index in [4.69, 9.17) is 41.2 Å². The lowest BCUT2D eigenvalue weighted by molar-refractivity contribution is -0.121. The van der Waals surface area contributed by atoms with E-state index in [9.17, 15) is 4.79 Å². The lowest BCUT2D eigenvalue weighted by Crippen LogP contribution is -2.41. The minimum atomic E-state index is -0.948. The number of aryl methyl sites for hydroxylation is 1. The number of hydrogen-bond acceptors (Lipinski definition) is 2. The number of amides is 1. The van der Waals surface area contributed by atoms with Crippen molar-refractivity contribution < 1.29 is 4.79 Å². The van der Waals surface area contributed by atoms with Crippen LogP contribution in [0.25, 0.3) is 0 Å². The molecule has 0 bridgehead atoms. The summed E-state index contributed by atoms with van der Waals surface area (Å²) in [6.07, 6.45) is 0. The molecular formula is C12H14Cl2N2OS. The molecule has 0 unspecified atom stereocenters. The van der Waals surface area contributed by atoms with Crippen molar-refractivity contribution in [2.24, 2.45) is 11.1 Å². The second-order valence-electron chi connectivity index (χ2n) is 4.52. The van der Waals surface area contributed by atoms with Gasteiger partial charge < -0.3 is 11.1 Å². The number of nitrogens with one attached hydrogen (secondary N) is 1. The quantitative estimate of drug-likeness (QED) is 0.840. The Bertz CT molecular complexity index is 515. The molecular weight excluding hydrogens is 291 g/mol. The van der Waals surface area contributed by atoms with Crippen LogP contribution in [0.1, 0.15) is 19.4 Å². The average Bonchev–Trinajstić information content (AvgIpc) is 2.25. The number of hydrogen-bond donors (Lipinski definition) is 2. The Balaban J connectivity index is 3.03. The number of carbonyl (C=O) groups is 1. The molecule has 1 amide bonds. The Morgan fingerprint density at radius 2 is 1.89 bits per heavy atom. The smallest absolute Gasteiger partial charge is 0.236 e. The van der Waals surface area contributed by atoms with Gasteiger partial charge in [0.05, 0.1) is 21.1 Å². The molecule has 0 aliphatic heterocycles. The van der Waals surface area contributed by atoms with Gasteiger partial charge in [-0.25, -0.2) is 0 Å². The molecule has 0 aliphatic carbocycles. The van der Waals surface area contributed by atoms with Gasteiger partial charge in [0.2, 0.25) is 5.91 Å². The van der Waals surface area contributed by atoms with Gasteiger partial charge in [0.15, 0.2) is 0 Å². The molecule has 1 aromatic carbocycles. The van der Waals surface area contributed by atoms with Crippen LogP contribution in [-0.4, -0.2) is 10.9 Å². The summed E-state index contributed by atoms with van der Waals surface area (Å²) in [6.45, 7) is 5.13. The molecule has 0 radical (unpaired) electrons. The van der Waals surface area contributed by atoms with Crippen molar-refractivity contribution in [1.82, 2.24) is 0 Å². The summed E-state index contributed by atoms with van der Waals surface area (Å²) in [7, 11) is 0. The van der Waals surface area contributed by atoms with Crippen LogP contribution >= 0.6 is 35.4 Å². The highest BCUT2D eigenvalue weighted by molar-refractivity contribution is 7.80. The van der Waals surface area contributed by atoms with E-state index >= 15 is 0 Å². The predicted octanol–water partition coefficient (Wildman–Crippen LogP) is 3.55. The summed E-state index contributed by atoms with van der Waals surface area (Å²) in [4.78, 5) is 12.2. The van der Waals surface area contributed by atoms with Crippen molar-refractivity contribution in [1.29, 1.82) is 0 Å². The predicted molar refractivity (Wildman–Crippen MR) is 80.4 cm³/mol. The van der Waals surface area contributed by atoms with Crippen LogP contribution in [0.2, 0.25) is 10.0 Å². The van der Waals surface area contributed by atoms with Crippen molar-refractivity contribution >= 4 is 52.0 Å². The second kappa shape index (κ2) is 5.43. The van der Waals surface area contributed by atoms with Crippen LogP contribution in [-0.2, 0) is 4.79 Å². The Hall–Kier alpha value is -0.840. The molecule has 1 rings (SSSR count). The maximum Gasteiger partial charge on any atom is 0.236 e. The highest BCUT2D eigenvalue weighted by atomic mass is 35.5. The number of benzene rings is 1. The van der Waals surface area contributed by atoms with E-state index in [1.165, 1.54) is 0 Å². The minimum Gasteiger partial charge on any atom is -0.392 e. The van der Waals surface area contributed by atoms with Crippen LogP contribution in [0.15, 0.2) is 12.1 Å². The maximum atomic E-state index is 12.0. The maximum absolute atomic E-state index is 12.0. The van der Waals surface area contributed by atoms with Crippen LogP contribution < -0.4 is 11.1 Å². The van der Waals surface area contributed by atoms with Crippen LogP contribution in [0, 0.1) is 12.3 Å². The number of rotatable bonds is 3. The van der Waals surface area contributed by atoms with Gasteiger partial charge in [-0.3, -0.25) is 4.79 Å². The average molecular weight is 305 g/mol. The van der Waals surface area contributed by atoms with E-state index in [0.29, 0.717) is 15.7 Å². The van der Waals surface area contributed by atoms with Gasteiger partial charge in [0.25, 0.3) is 0 Å². The topological polar surface area (TPSA) is 55.1 Å². The Kier molecular flexibility index (Phi) is 4.59. The van der Waals surface area contributed by atoms with Crippen molar-refractivity contribution in [3.63, 3.8) is 0 Å². The SMILES string of the molecule is Cc1cc(Cl)c(NC(=O)C(C)(C)C(N)=S)cc1Cl. The third-order valence-electron chi connectivity index (χ3n) is 2.68. The zero-order valence-corrected chi connectivity index (χ0v) is 12.6. The molecule has 0 heterocycles. The molecule has 18 heavy (non-hydrogen) atoms. The largest absolute Gasteiger partial charge is 0.392 e. The first-order valence-corrected chi connectivity index (χ1v) is 6.39. The standard InChI is InChI=1S/C12H14Cl2N2OS/c1-6-4-8(14)9(5-7(6)13)16-11(17)12(2,3)10(15)18/h4-5H,1-3H3,(H2,15,18)(H,16,17). The Morgan fingerprint density at radius 1 is 1.33 bits per heavy atom. The molecule has 0 atom stereocenters. The van der Waals surface area contributed by atoms with Crippen LogP contribution in [0.5, 0.6) is 0 Å². The van der Waals surface area contributed by atoms with Crippen molar-refractivity contribution in [2.75, 3.05) is 5.32 Å². The van der Waals surface area contributed by atoms with Gasteiger partial charge >= 0.3 is 0 Å². The number of nitrogens with two attached hydrogens (primary N) is 1.